The fourth-order valence-corrected chi connectivity index (χ4v) is 2.84. The van der Waals surface area contributed by atoms with Crippen LogP contribution in [0.4, 0.5) is 5.69 Å². The van der Waals surface area contributed by atoms with Gasteiger partial charge in [0.25, 0.3) is 0 Å². The van der Waals surface area contributed by atoms with Gasteiger partial charge in [0.1, 0.15) is 11.8 Å². The smallest absolute Gasteiger partial charge is 0.120 e. The summed E-state index contributed by atoms with van der Waals surface area (Å²) in [6.45, 7) is 5.70. The highest BCUT2D eigenvalue weighted by Gasteiger charge is 2.27. The Morgan fingerprint density at radius 1 is 1.29 bits per heavy atom. The van der Waals surface area contributed by atoms with E-state index in [1.807, 2.05) is 23.7 Å². The van der Waals surface area contributed by atoms with Crippen molar-refractivity contribution in [2.24, 2.45) is 7.05 Å². The lowest BCUT2D eigenvalue weighted by atomic mass is 9.93. The molecule has 0 atom stereocenters. The number of rotatable bonds is 1. The molecular weight excluding hydrogens is 262 g/mol. The molecule has 0 aliphatic carbocycles. The Balaban J connectivity index is 2.12. The number of nitrogens with zero attached hydrogens (tertiary/aromatic N) is 2. The maximum atomic E-state index is 9.09. The molecule has 21 heavy (non-hydrogen) atoms. The number of benzene rings is 1. The highest BCUT2D eigenvalue weighted by molar-refractivity contribution is 5.68. The first-order valence-electron chi connectivity index (χ1n) is 7.11. The van der Waals surface area contributed by atoms with Crippen LogP contribution in [0.15, 0.2) is 30.3 Å². The standard InChI is InChI=1S/C17H19N3O/c1-17(2)14-10-12(4-6-15(14)19-8-9-21-17)16-7-5-13(11-18)20(16)3/h4-7,10,19H,8-9H2,1-3H3. The Hall–Kier alpha value is -2.25. The molecule has 1 aromatic heterocycles. The lowest BCUT2D eigenvalue weighted by molar-refractivity contribution is -0.0121. The van der Waals surface area contributed by atoms with Crippen LogP contribution >= 0.6 is 0 Å². The van der Waals surface area contributed by atoms with Gasteiger partial charge in [-0.3, -0.25) is 0 Å². The zero-order valence-corrected chi connectivity index (χ0v) is 12.6. The van der Waals surface area contributed by atoms with Crippen molar-refractivity contribution in [3.63, 3.8) is 0 Å². The molecule has 0 fully saturated rings. The minimum absolute atomic E-state index is 0.321. The van der Waals surface area contributed by atoms with Gasteiger partial charge in [-0.05, 0) is 43.7 Å². The van der Waals surface area contributed by atoms with Crippen molar-refractivity contribution < 1.29 is 4.74 Å². The zero-order valence-electron chi connectivity index (χ0n) is 12.6. The SMILES string of the molecule is Cn1c(C#N)ccc1-c1ccc2c(c1)C(C)(C)OCCN2. The van der Waals surface area contributed by atoms with Gasteiger partial charge in [0.05, 0.1) is 12.2 Å². The second-order valence-corrected chi connectivity index (χ2v) is 5.82. The van der Waals surface area contributed by atoms with Crippen LogP contribution in [-0.2, 0) is 17.4 Å². The fraction of sp³-hybridized carbons (Fsp3) is 0.353. The Morgan fingerprint density at radius 2 is 2.10 bits per heavy atom. The topological polar surface area (TPSA) is 50.0 Å². The summed E-state index contributed by atoms with van der Waals surface area (Å²) >= 11 is 0. The maximum absolute atomic E-state index is 9.09. The second kappa shape index (κ2) is 4.94. The molecule has 1 aromatic carbocycles. The lowest BCUT2D eigenvalue weighted by Gasteiger charge is -2.25. The van der Waals surface area contributed by atoms with E-state index in [0.717, 1.165) is 29.1 Å². The van der Waals surface area contributed by atoms with E-state index < -0.39 is 0 Å². The van der Waals surface area contributed by atoms with Crippen LogP contribution in [0.5, 0.6) is 0 Å². The second-order valence-electron chi connectivity index (χ2n) is 5.82. The summed E-state index contributed by atoms with van der Waals surface area (Å²) in [4.78, 5) is 0. The number of fused-ring (bicyclic) bond motifs is 1. The van der Waals surface area contributed by atoms with Gasteiger partial charge in [-0.25, -0.2) is 0 Å². The third-order valence-electron chi connectivity index (χ3n) is 4.08. The summed E-state index contributed by atoms with van der Waals surface area (Å²) < 4.78 is 7.86. The summed E-state index contributed by atoms with van der Waals surface area (Å²) in [7, 11) is 1.92. The van der Waals surface area contributed by atoms with E-state index >= 15 is 0 Å². The summed E-state index contributed by atoms with van der Waals surface area (Å²) in [6, 6.07) is 12.4. The number of nitriles is 1. The van der Waals surface area contributed by atoms with Crippen LogP contribution in [0, 0.1) is 11.3 Å². The zero-order chi connectivity index (χ0) is 15.0. The Morgan fingerprint density at radius 3 is 2.81 bits per heavy atom. The molecule has 108 valence electrons. The Kier molecular flexibility index (Phi) is 3.23. The van der Waals surface area contributed by atoms with E-state index in [0.29, 0.717) is 12.3 Å². The van der Waals surface area contributed by atoms with Crippen LogP contribution in [0.2, 0.25) is 0 Å². The molecule has 1 N–H and O–H groups in total. The molecule has 2 heterocycles. The molecule has 1 aliphatic heterocycles. The van der Waals surface area contributed by atoms with Crippen molar-refractivity contribution in [1.29, 1.82) is 5.26 Å². The fourth-order valence-electron chi connectivity index (χ4n) is 2.84. The lowest BCUT2D eigenvalue weighted by Crippen LogP contribution is -2.21. The van der Waals surface area contributed by atoms with Crippen LogP contribution in [0.1, 0.15) is 25.1 Å². The molecule has 3 rings (SSSR count). The van der Waals surface area contributed by atoms with Crippen molar-refractivity contribution in [3.05, 3.63) is 41.6 Å². The molecule has 0 unspecified atom stereocenters. The van der Waals surface area contributed by atoms with E-state index in [1.165, 1.54) is 0 Å². The molecule has 0 bridgehead atoms. The van der Waals surface area contributed by atoms with Gasteiger partial charge < -0.3 is 14.6 Å². The molecule has 0 amide bonds. The third-order valence-corrected chi connectivity index (χ3v) is 4.08. The molecular formula is C17H19N3O. The van der Waals surface area contributed by atoms with Crippen molar-refractivity contribution >= 4 is 5.69 Å². The molecule has 4 heteroatoms. The predicted molar refractivity (Wildman–Crippen MR) is 83.0 cm³/mol. The number of aromatic nitrogens is 1. The first-order valence-corrected chi connectivity index (χ1v) is 7.11. The quantitative estimate of drug-likeness (QED) is 0.873. The predicted octanol–water partition coefficient (Wildman–Crippen LogP) is 3.24. The van der Waals surface area contributed by atoms with Gasteiger partial charge >= 0.3 is 0 Å². The molecule has 0 saturated heterocycles. The van der Waals surface area contributed by atoms with Gasteiger partial charge in [-0.15, -0.1) is 0 Å². The summed E-state index contributed by atoms with van der Waals surface area (Å²) in [6.07, 6.45) is 0. The Bertz CT molecular complexity index is 722. The van der Waals surface area contributed by atoms with Gasteiger partial charge in [0.2, 0.25) is 0 Å². The minimum atomic E-state index is -0.321. The number of hydrogen-bond donors (Lipinski definition) is 1. The molecule has 0 saturated carbocycles. The van der Waals surface area contributed by atoms with Crippen LogP contribution in [0.25, 0.3) is 11.3 Å². The van der Waals surface area contributed by atoms with E-state index in [9.17, 15) is 0 Å². The summed E-state index contributed by atoms with van der Waals surface area (Å²) in [5.41, 5.74) is 4.74. The maximum Gasteiger partial charge on any atom is 0.120 e. The van der Waals surface area contributed by atoms with Gasteiger partial charge in [-0.1, -0.05) is 6.07 Å². The van der Waals surface area contributed by atoms with E-state index in [1.54, 1.807) is 0 Å². The Labute approximate surface area is 125 Å². The molecule has 2 aromatic rings. The first kappa shape index (κ1) is 13.7. The number of ether oxygens (including phenoxy) is 1. The minimum Gasteiger partial charge on any atom is -0.382 e. The van der Waals surface area contributed by atoms with E-state index in [2.05, 4.69) is 43.4 Å². The number of nitrogens with one attached hydrogen (secondary N) is 1. The average molecular weight is 281 g/mol. The highest BCUT2D eigenvalue weighted by atomic mass is 16.5. The van der Waals surface area contributed by atoms with Gasteiger partial charge in [-0.2, -0.15) is 5.26 Å². The summed E-state index contributed by atoms with van der Waals surface area (Å²) in [5, 5.41) is 12.5. The van der Waals surface area contributed by atoms with Crippen molar-refractivity contribution in [1.82, 2.24) is 4.57 Å². The monoisotopic (exact) mass is 281 g/mol. The average Bonchev–Trinajstić information content (AvgIpc) is 2.77. The largest absolute Gasteiger partial charge is 0.382 e. The molecule has 4 nitrogen and oxygen atoms in total. The molecule has 1 aliphatic rings. The normalized spacial score (nSPS) is 16.5. The number of hydrogen-bond acceptors (Lipinski definition) is 3. The van der Waals surface area contributed by atoms with Crippen LogP contribution < -0.4 is 5.32 Å². The van der Waals surface area contributed by atoms with E-state index in [-0.39, 0.29) is 5.60 Å². The van der Waals surface area contributed by atoms with Gasteiger partial charge in [0.15, 0.2) is 0 Å². The van der Waals surface area contributed by atoms with Crippen molar-refractivity contribution in [2.75, 3.05) is 18.5 Å². The highest BCUT2D eigenvalue weighted by Crippen LogP contribution is 2.36. The van der Waals surface area contributed by atoms with Crippen LogP contribution in [-0.4, -0.2) is 17.7 Å². The molecule has 0 radical (unpaired) electrons. The van der Waals surface area contributed by atoms with Crippen molar-refractivity contribution in [3.8, 4) is 17.3 Å². The summed E-state index contributed by atoms with van der Waals surface area (Å²) in [5.74, 6) is 0. The van der Waals surface area contributed by atoms with Crippen molar-refractivity contribution in [2.45, 2.75) is 19.4 Å². The van der Waals surface area contributed by atoms with Gasteiger partial charge in [0, 0.05) is 30.5 Å². The van der Waals surface area contributed by atoms with Crippen LogP contribution in [0.3, 0.4) is 0 Å². The third kappa shape index (κ3) is 2.30. The van der Waals surface area contributed by atoms with E-state index in [4.69, 9.17) is 10.00 Å². The first-order chi connectivity index (χ1) is 10.0. The molecule has 0 spiro atoms. The number of anilines is 1.